The van der Waals surface area contributed by atoms with Crippen molar-refractivity contribution in [2.75, 3.05) is 38.7 Å². The van der Waals surface area contributed by atoms with E-state index in [2.05, 4.69) is 27.2 Å². The van der Waals surface area contributed by atoms with E-state index in [1.807, 2.05) is 11.8 Å². The fourth-order valence-corrected chi connectivity index (χ4v) is 2.61. The van der Waals surface area contributed by atoms with Gasteiger partial charge in [-0.2, -0.15) is 11.8 Å². The highest BCUT2D eigenvalue weighted by Gasteiger charge is 2.08. The number of carbonyl (C=O) groups excluding carboxylic acids is 1. The summed E-state index contributed by atoms with van der Waals surface area (Å²) in [5.74, 6) is 1.76. The van der Waals surface area contributed by atoms with Crippen molar-refractivity contribution < 1.29 is 4.79 Å². The predicted octanol–water partition coefficient (Wildman–Crippen LogP) is 3.00. The van der Waals surface area contributed by atoms with Crippen LogP contribution in [-0.2, 0) is 0 Å². The number of hydrogen-bond donors (Lipinski definition) is 3. The third-order valence-electron chi connectivity index (χ3n) is 3.11. The van der Waals surface area contributed by atoms with Crippen LogP contribution in [0.4, 0.5) is 0 Å². The van der Waals surface area contributed by atoms with Crippen LogP contribution < -0.4 is 16.0 Å². The zero-order valence-corrected chi connectivity index (χ0v) is 18.0. The SMILES string of the molecule is CN=C(NCCCCSC)NCCNC(=O)c1ccccc1Cl.I. The summed E-state index contributed by atoms with van der Waals surface area (Å²) in [6, 6.07) is 7.01. The second-order valence-corrected chi connectivity index (χ2v) is 6.25. The van der Waals surface area contributed by atoms with Crippen LogP contribution in [-0.4, -0.2) is 50.6 Å². The number of nitrogens with zero attached hydrogens (tertiary/aromatic N) is 1. The van der Waals surface area contributed by atoms with E-state index in [9.17, 15) is 4.79 Å². The number of guanidine groups is 1. The van der Waals surface area contributed by atoms with Gasteiger partial charge in [-0.15, -0.1) is 24.0 Å². The molecule has 0 saturated heterocycles. The smallest absolute Gasteiger partial charge is 0.252 e. The molecule has 5 nitrogen and oxygen atoms in total. The van der Waals surface area contributed by atoms with Crippen LogP contribution in [0.25, 0.3) is 0 Å². The molecule has 1 rings (SSSR count). The minimum absolute atomic E-state index is 0. The summed E-state index contributed by atoms with van der Waals surface area (Å²) in [6.07, 6.45) is 4.43. The summed E-state index contributed by atoms with van der Waals surface area (Å²) in [5, 5.41) is 9.71. The molecule has 1 aromatic rings. The van der Waals surface area contributed by atoms with Crippen molar-refractivity contribution in [3.63, 3.8) is 0 Å². The molecule has 0 aliphatic carbocycles. The Morgan fingerprint density at radius 3 is 2.46 bits per heavy atom. The highest BCUT2D eigenvalue weighted by Crippen LogP contribution is 2.14. The van der Waals surface area contributed by atoms with E-state index in [0.29, 0.717) is 23.7 Å². The monoisotopic (exact) mass is 484 g/mol. The number of carbonyl (C=O) groups is 1. The number of unbranched alkanes of at least 4 members (excludes halogenated alkanes) is 1. The van der Waals surface area contributed by atoms with E-state index < -0.39 is 0 Å². The number of nitrogens with one attached hydrogen (secondary N) is 3. The van der Waals surface area contributed by atoms with E-state index in [1.165, 1.54) is 12.2 Å². The molecule has 0 aliphatic rings. The Bertz CT molecular complexity index is 517. The lowest BCUT2D eigenvalue weighted by Gasteiger charge is -2.12. The first-order chi connectivity index (χ1) is 11.2. The van der Waals surface area contributed by atoms with Crippen LogP contribution in [0.3, 0.4) is 0 Å². The van der Waals surface area contributed by atoms with Crippen molar-refractivity contribution in [2.24, 2.45) is 4.99 Å². The highest BCUT2D eigenvalue weighted by molar-refractivity contribution is 14.0. The van der Waals surface area contributed by atoms with Gasteiger partial charge in [-0.25, -0.2) is 0 Å². The van der Waals surface area contributed by atoms with Gasteiger partial charge in [0, 0.05) is 26.7 Å². The van der Waals surface area contributed by atoms with Gasteiger partial charge in [-0.05, 0) is 37.0 Å². The lowest BCUT2D eigenvalue weighted by atomic mass is 10.2. The van der Waals surface area contributed by atoms with Crippen molar-refractivity contribution >= 4 is 59.2 Å². The van der Waals surface area contributed by atoms with Crippen LogP contribution in [0.15, 0.2) is 29.3 Å². The quantitative estimate of drug-likeness (QED) is 0.218. The van der Waals surface area contributed by atoms with Gasteiger partial charge in [0.25, 0.3) is 5.91 Å². The highest BCUT2D eigenvalue weighted by atomic mass is 127. The number of thioether (sulfide) groups is 1. The molecule has 8 heteroatoms. The maximum atomic E-state index is 12.0. The lowest BCUT2D eigenvalue weighted by Crippen LogP contribution is -2.41. The van der Waals surface area contributed by atoms with E-state index in [4.69, 9.17) is 11.6 Å². The molecule has 0 unspecified atom stereocenters. The number of rotatable bonds is 9. The van der Waals surface area contributed by atoms with Crippen molar-refractivity contribution in [2.45, 2.75) is 12.8 Å². The van der Waals surface area contributed by atoms with Gasteiger partial charge in [-0.3, -0.25) is 9.79 Å². The summed E-state index contributed by atoms with van der Waals surface area (Å²) in [4.78, 5) is 16.1. The second-order valence-electron chi connectivity index (χ2n) is 4.86. The van der Waals surface area contributed by atoms with Gasteiger partial charge >= 0.3 is 0 Å². The molecule has 0 radical (unpaired) electrons. The zero-order chi connectivity index (χ0) is 16.9. The summed E-state index contributed by atoms with van der Waals surface area (Å²) in [7, 11) is 1.74. The van der Waals surface area contributed by atoms with Crippen molar-refractivity contribution in [3.05, 3.63) is 34.9 Å². The first kappa shape index (κ1) is 23.3. The maximum absolute atomic E-state index is 12.0. The summed E-state index contributed by atoms with van der Waals surface area (Å²) >= 11 is 7.85. The Hall–Kier alpha value is -0.670. The summed E-state index contributed by atoms with van der Waals surface area (Å²) in [6.45, 7) is 1.99. The summed E-state index contributed by atoms with van der Waals surface area (Å²) < 4.78 is 0. The number of amides is 1. The Labute approximate surface area is 170 Å². The van der Waals surface area contributed by atoms with E-state index in [-0.39, 0.29) is 29.9 Å². The average Bonchev–Trinajstić information content (AvgIpc) is 2.56. The van der Waals surface area contributed by atoms with Crippen LogP contribution in [0.2, 0.25) is 5.02 Å². The fraction of sp³-hybridized carbons (Fsp3) is 0.500. The standard InChI is InChI=1S/C16H25ClN4OS.HI/c1-18-16(20-9-5-6-12-23-2)21-11-10-19-15(22)13-7-3-4-8-14(13)17;/h3-4,7-8H,5-6,9-12H2,1-2H3,(H,19,22)(H2,18,20,21);1H. The van der Waals surface area contributed by atoms with Gasteiger partial charge in [0.2, 0.25) is 0 Å². The van der Waals surface area contributed by atoms with Gasteiger partial charge < -0.3 is 16.0 Å². The lowest BCUT2D eigenvalue weighted by molar-refractivity contribution is 0.0954. The Balaban J connectivity index is 0.00000529. The Morgan fingerprint density at radius 2 is 1.79 bits per heavy atom. The molecule has 0 bridgehead atoms. The van der Waals surface area contributed by atoms with Gasteiger partial charge in [0.05, 0.1) is 10.6 Å². The molecule has 0 atom stereocenters. The number of hydrogen-bond acceptors (Lipinski definition) is 3. The number of benzene rings is 1. The van der Waals surface area contributed by atoms with Crippen LogP contribution in [0.5, 0.6) is 0 Å². The minimum Gasteiger partial charge on any atom is -0.356 e. The van der Waals surface area contributed by atoms with Gasteiger partial charge in [0.15, 0.2) is 5.96 Å². The molecule has 1 amide bonds. The maximum Gasteiger partial charge on any atom is 0.252 e. The van der Waals surface area contributed by atoms with E-state index in [0.717, 1.165) is 18.9 Å². The topological polar surface area (TPSA) is 65.5 Å². The third-order valence-corrected chi connectivity index (χ3v) is 4.14. The van der Waals surface area contributed by atoms with Crippen molar-refractivity contribution in [1.82, 2.24) is 16.0 Å². The molecule has 24 heavy (non-hydrogen) atoms. The van der Waals surface area contributed by atoms with Crippen LogP contribution in [0.1, 0.15) is 23.2 Å². The molecular formula is C16H26ClIN4OS. The molecule has 0 saturated carbocycles. The molecule has 3 N–H and O–H groups in total. The molecule has 0 fully saturated rings. The normalized spacial score (nSPS) is 10.7. The molecule has 0 aliphatic heterocycles. The van der Waals surface area contributed by atoms with E-state index in [1.54, 1.807) is 31.3 Å². The molecule has 136 valence electrons. The number of halogens is 2. The molecule has 0 heterocycles. The van der Waals surface area contributed by atoms with Crippen molar-refractivity contribution in [3.8, 4) is 0 Å². The van der Waals surface area contributed by atoms with Crippen LogP contribution in [0, 0.1) is 0 Å². The molecule has 1 aromatic carbocycles. The number of aliphatic imine (C=N–C) groups is 1. The van der Waals surface area contributed by atoms with Gasteiger partial charge in [0.1, 0.15) is 0 Å². The van der Waals surface area contributed by atoms with Crippen molar-refractivity contribution in [1.29, 1.82) is 0 Å². The minimum atomic E-state index is -0.169. The van der Waals surface area contributed by atoms with E-state index >= 15 is 0 Å². The van der Waals surface area contributed by atoms with Gasteiger partial charge in [-0.1, -0.05) is 23.7 Å². The first-order valence-corrected chi connectivity index (χ1v) is 9.42. The zero-order valence-electron chi connectivity index (χ0n) is 14.1. The predicted molar refractivity (Wildman–Crippen MR) is 116 cm³/mol. The fourth-order valence-electron chi connectivity index (χ4n) is 1.90. The summed E-state index contributed by atoms with van der Waals surface area (Å²) in [5.41, 5.74) is 0.491. The molecule has 0 aromatic heterocycles. The molecule has 0 spiro atoms. The molecular weight excluding hydrogens is 459 g/mol. The Morgan fingerprint density at radius 1 is 1.12 bits per heavy atom. The van der Waals surface area contributed by atoms with Crippen LogP contribution >= 0.6 is 47.3 Å². The average molecular weight is 485 g/mol. The third kappa shape index (κ3) is 9.58. The Kier molecular flexibility index (Phi) is 14.2. The second kappa shape index (κ2) is 14.7. The largest absolute Gasteiger partial charge is 0.356 e. The first-order valence-electron chi connectivity index (χ1n) is 7.65.